The maximum absolute atomic E-state index is 14.3. The molecule has 1 amide bonds. The number of rotatable bonds is 7. The Balaban J connectivity index is 1.38. The normalized spacial score (nSPS) is 14.8. The van der Waals surface area contributed by atoms with Crippen LogP contribution < -0.4 is 5.32 Å². The summed E-state index contributed by atoms with van der Waals surface area (Å²) in [6.45, 7) is 3.14. The number of hydrogen-bond donors (Lipinski definition) is 1. The van der Waals surface area contributed by atoms with Gasteiger partial charge in [0.2, 0.25) is 10.0 Å². The summed E-state index contributed by atoms with van der Waals surface area (Å²) in [4.78, 5) is 16.6. The second-order valence-electron chi connectivity index (χ2n) is 7.62. The summed E-state index contributed by atoms with van der Waals surface area (Å²) in [5.41, 5.74) is 3.11. The van der Waals surface area contributed by atoms with Crippen LogP contribution >= 0.6 is 11.3 Å². The zero-order valence-electron chi connectivity index (χ0n) is 18.1. The van der Waals surface area contributed by atoms with Crippen molar-refractivity contribution in [2.75, 3.05) is 32.8 Å². The van der Waals surface area contributed by atoms with Crippen molar-refractivity contribution >= 4 is 27.3 Å². The lowest BCUT2D eigenvalue weighted by atomic mass is 10.1. The third-order valence-corrected chi connectivity index (χ3v) is 8.04. The topological polar surface area (TPSA) is 88.6 Å². The fourth-order valence-corrected chi connectivity index (χ4v) is 5.65. The number of thiazole rings is 1. The third-order valence-electron chi connectivity index (χ3n) is 5.35. The van der Waals surface area contributed by atoms with Gasteiger partial charge in [-0.1, -0.05) is 24.3 Å². The van der Waals surface area contributed by atoms with E-state index < -0.39 is 26.6 Å². The molecule has 0 unspecified atom stereocenters. The van der Waals surface area contributed by atoms with E-state index in [0.29, 0.717) is 13.0 Å². The molecule has 2 heterocycles. The number of morpholine rings is 1. The lowest BCUT2D eigenvalue weighted by Crippen LogP contribution is -2.41. The van der Waals surface area contributed by atoms with E-state index in [1.54, 1.807) is 11.3 Å². The number of aryl methyl sites for hydroxylation is 1. The second kappa shape index (κ2) is 10.1. The fraction of sp³-hybridized carbons (Fsp3) is 0.304. The van der Waals surface area contributed by atoms with E-state index in [9.17, 15) is 17.6 Å². The maximum atomic E-state index is 14.3. The van der Waals surface area contributed by atoms with Crippen LogP contribution in [-0.4, -0.2) is 56.5 Å². The van der Waals surface area contributed by atoms with Crippen molar-refractivity contribution < 1.29 is 22.3 Å². The molecule has 1 N–H and O–H groups in total. The van der Waals surface area contributed by atoms with Gasteiger partial charge >= 0.3 is 0 Å². The number of halogens is 1. The molecule has 2 aromatic carbocycles. The number of amides is 1. The van der Waals surface area contributed by atoms with Crippen molar-refractivity contribution in [1.29, 1.82) is 0 Å². The molecule has 0 saturated carbocycles. The standard InChI is InChI=1S/C23H24FN3O4S2/c1-16-26-21(15-32-16)18-4-2-17(3-5-18)8-9-25-23(28)19-6-7-20(24)22(14-19)33(29,30)27-10-12-31-13-11-27/h2-7,14-15H,8-13H2,1H3,(H,25,28). The summed E-state index contributed by atoms with van der Waals surface area (Å²) < 4.78 is 46.3. The van der Waals surface area contributed by atoms with E-state index in [1.807, 2.05) is 36.6 Å². The molecule has 0 atom stereocenters. The molecule has 1 fully saturated rings. The van der Waals surface area contributed by atoms with Crippen LogP contribution in [0.3, 0.4) is 0 Å². The lowest BCUT2D eigenvalue weighted by Gasteiger charge is -2.26. The Hall–Kier alpha value is -2.66. The minimum absolute atomic E-state index is 0.0949. The zero-order valence-corrected chi connectivity index (χ0v) is 19.7. The fourth-order valence-electron chi connectivity index (χ4n) is 3.53. The Kier molecular flexibility index (Phi) is 7.18. The molecule has 0 aliphatic carbocycles. The summed E-state index contributed by atoms with van der Waals surface area (Å²) in [6, 6.07) is 11.4. The highest BCUT2D eigenvalue weighted by Gasteiger charge is 2.29. The summed E-state index contributed by atoms with van der Waals surface area (Å²) in [5.74, 6) is -1.34. The molecule has 7 nitrogen and oxygen atoms in total. The largest absolute Gasteiger partial charge is 0.379 e. The van der Waals surface area contributed by atoms with Gasteiger partial charge in [0.05, 0.1) is 23.9 Å². The molecular formula is C23H24FN3O4S2. The maximum Gasteiger partial charge on any atom is 0.251 e. The first kappa shape index (κ1) is 23.5. The van der Waals surface area contributed by atoms with Gasteiger partial charge in [-0.15, -0.1) is 11.3 Å². The number of aromatic nitrogens is 1. The van der Waals surface area contributed by atoms with Crippen LogP contribution in [0.2, 0.25) is 0 Å². The Morgan fingerprint density at radius 2 is 1.91 bits per heavy atom. The van der Waals surface area contributed by atoms with Crippen molar-refractivity contribution in [3.63, 3.8) is 0 Å². The van der Waals surface area contributed by atoms with E-state index in [2.05, 4.69) is 10.3 Å². The SMILES string of the molecule is Cc1nc(-c2ccc(CCNC(=O)c3ccc(F)c(S(=O)(=O)N4CCOCC4)c3)cc2)cs1. The first-order chi connectivity index (χ1) is 15.8. The average Bonchev–Trinajstić information content (AvgIpc) is 3.26. The molecule has 174 valence electrons. The van der Waals surface area contributed by atoms with E-state index >= 15 is 0 Å². The number of carbonyl (C=O) groups excluding carboxylic acids is 1. The smallest absolute Gasteiger partial charge is 0.251 e. The number of hydrogen-bond acceptors (Lipinski definition) is 6. The molecule has 10 heteroatoms. The number of ether oxygens (including phenoxy) is 1. The predicted octanol–water partition coefficient (Wildman–Crippen LogP) is 3.25. The zero-order chi connectivity index (χ0) is 23.4. The molecule has 4 rings (SSSR count). The van der Waals surface area contributed by atoms with Crippen LogP contribution in [-0.2, 0) is 21.2 Å². The van der Waals surface area contributed by atoms with Gasteiger partial charge in [0, 0.05) is 36.1 Å². The van der Waals surface area contributed by atoms with Gasteiger partial charge in [0.15, 0.2) is 0 Å². The minimum Gasteiger partial charge on any atom is -0.379 e. The Morgan fingerprint density at radius 3 is 2.58 bits per heavy atom. The lowest BCUT2D eigenvalue weighted by molar-refractivity contribution is 0.0729. The van der Waals surface area contributed by atoms with Crippen LogP contribution in [0, 0.1) is 12.7 Å². The van der Waals surface area contributed by atoms with Crippen molar-refractivity contribution in [3.05, 3.63) is 69.8 Å². The van der Waals surface area contributed by atoms with Gasteiger partial charge < -0.3 is 10.1 Å². The molecule has 0 spiro atoms. The van der Waals surface area contributed by atoms with Crippen LogP contribution in [0.25, 0.3) is 11.3 Å². The highest BCUT2D eigenvalue weighted by Crippen LogP contribution is 2.23. The monoisotopic (exact) mass is 489 g/mol. The molecule has 1 saturated heterocycles. The first-order valence-electron chi connectivity index (χ1n) is 10.5. The molecule has 0 radical (unpaired) electrons. The Morgan fingerprint density at radius 1 is 1.18 bits per heavy atom. The van der Waals surface area contributed by atoms with E-state index in [0.717, 1.165) is 34.0 Å². The summed E-state index contributed by atoms with van der Waals surface area (Å²) >= 11 is 1.60. The van der Waals surface area contributed by atoms with Gasteiger partial charge in [0.25, 0.3) is 5.91 Å². The van der Waals surface area contributed by atoms with Crippen molar-refractivity contribution in [1.82, 2.24) is 14.6 Å². The van der Waals surface area contributed by atoms with E-state index in [-0.39, 0.29) is 31.9 Å². The minimum atomic E-state index is -4.04. The molecule has 33 heavy (non-hydrogen) atoms. The number of nitrogens with zero attached hydrogens (tertiary/aromatic N) is 2. The van der Waals surface area contributed by atoms with Gasteiger partial charge in [-0.25, -0.2) is 17.8 Å². The van der Waals surface area contributed by atoms with Crippen molar-refractivity contribution in [3.8, 4) is 11.3 Å². The Labute approximate surface area is 196 Å². The van der Waals surface area contributed by atoms with Gasteiger partial charge in [0.1, 0.15) is 10.7 Å². The van der Waals surface area contributed by atoms with E-state index in [4.69, 9.17) is 4.74 Å². The van der Waals surface area contributed by atoms with Gasteiger partial charge in [-0.05, 0) is 37.1 Å². The molecule has 3 aromatic rings. The number of sulfonamides is 1. The quantitative estimate of drug-likeness (QED) is 0.550. The molecule has 1 aliphatic rings. The van der Waals surface area contributed by atoms with Gasteiger partial charge in [-0.2, -0.15) is 4.31 Å². The number of carbonyl (C=O) groups is 1. The number of nitrogens with one attached hydrogen (secondary N) is 1. The van der Waals surface area contributed by atoms with Crippen LogP contribution in [0.4, 0.5) is 4.39 Å². The number of benzene rings is 2. The van der Waals surface area contributed by atoms with Crippen LogP contribution in [0.15, 0.2) is 52.7 Å². The predicted molar refractivity (Wildman–Crippen MR) is 124 cm³/mol. The summed E-state index contributed by atoms with van der Waals surface area (Å²) in [6.07, 6.45) is 0.599. The molecular weight excluding hydrogens is 465 g/mol. The van der Waals surface area contributed by atoms with Crippen LogP contribution in [0.5, 0.6) is 0 Å². The van der Waals surface area contributed by atoms with Gasteiger partial charge in [-0.3, -0.25) is 4.79 Å². The van der Waals surface area contributed by atoms with E-state index in [1.165, 1.54) is 10.4 Å². The first-order valence-corrected chi connectivity index (χ1v) is 12.8. The second-order valence-corrected chi connectivity index (χ2v) is 10.6. The summed E-state index contributed by atoms with van der Waals surface area (Å²) in [5, 5.41) is 5.80. The highest BCUT2D eigenvalue weighted by molar-refractivity contribution is 7.89. The third kappa shape index (κ3) is 5.47. The van der Waals surface area contributed by atoms with Crippen molar-refractivity contribution in [2.24, 2.45) is 0 Å². The molecule has 1 aliphatic heterocycles. The highest BCUT2D eigenvalue weighted by atomic mass is 32.2. The molecule has 0 bridgehead atoms. The molecule has 1 aromatic heterocycles. The van der Waals surface area contributed by atoms with Crippen LogP contribution in [0.1, 0.15) is 20.9 Å². The van der Waals surface area contributed by atoms with Crippen molar-refractivity contribution in [2.45, 2.75) is 18.2 Å². The summed E-state index contributed by atoms with van der Waals surface area (Å²) in [7, 11) is -4.04. The Bertz CT molecular complexity index is 1240. The average molecular weight is 490 g/mol.